The molecule has 0 radical (unpaired) electrons. The highest BCUT2D eigenvalue weighted by Crippen LogP contribution is 2.17. The van der Waals surface area contributed by atoms with Crippen molar-refractivity contribution in [3.05, 3.63) is 73.8 Å². The van der Waals surface area contributed by atoms with E-state index in [2.05, 4.69) is 18.3 Å². The minimum Gasteiger partial charge on any atom is -0.308 e. The van der Waals surface area contributed by atoms with Crippen LogP contribution in [0.3, 0.4) is 0 Å². The van der Waals surface area contributed by atoms with Gasteiger partial charge in [-0.1, -0.05) is 37.5 Å². The molecule has 1 heterocycles. The van der Waals surface area contributed by atoms with Crippen LogP contribution in [0.2, 0.25) is 0 Å². The average Bonchev–Trinajstić information content (AvgIpc) is 2.84. The number of nitrogens with zero attached hydrogens (tertiary/aromatic N) is 3. The topological polar surface area (TPSA) is 21.1 Å². The van der Waals surface area contributed by atoms with Crippen LogP contribution in [0, 0.1) is 0 Å². The number of allylic oxidation sites excluding steroid dienone is 6. The molecule has 0 aliphatic carbocycles. The van der Waals surface area contributed by atoms with E-state index in [0.29, 0.717) is 0 Å². The first-order valence-corrected chi connectivity index (χ1v) is 6.48. The van der Waals surface area contributed by atoms with Gasteiger partial charge in [-0.2, -0.15) is 0 Å². The minimum atomic E-state index is 0.802. The van der Waals surface area contributed by atoms with E-state index in [1.54, 1.807) is 12.3 Å². The normalized spacial score (nSPS) is 12.1. The van der Waals surface area contributed by atoms with Gasteiger partial charge in [-0.3, -0.25) is 0 Å². The Morgan fingerprint density at radius 2 is 1.95 bits per heavy atom. The largest absolute Gasteiger partial charge is 0.308 e. The van der Waals surface area contributed by atoms with Gasteiger partial charge in [0.25, 0.3) is 0 Å². The fourth-order valence-corrected chi connectivity index (χ4v) is 1.56. The Bertz CT molecular complexity index is 557. The van der Waals surface area contributed by atoms with Crippen LogP contribution in [0.15, 0.2) is 68.1 Å². The molecule has 0 spiro atoms. The summed E-state index contributed by atoms with van der Waals surface area (Å²) < 4.78 is 1.83. The number of anilines is 1. The Morgan fingerprint density at radius 3 is 2.55 bits per heavy atom. The third-order valence-electron chi connectivity index (χ3n) is 2.46. The van der Waals surface area contributed by atoms with Crippen molar-refractivity contribution in [3.63, 3.8) is 0 Å². The van der Waals surface area contributed by atoms with E-state index in [1.165, 1.54) is 0 Å². The van der Waals surface area contributed by atoms with E-state index >= 15 is 0 Å². The molecule has 104 valence electrons. The lowest BCUT2D eigenvalue weighted by molar-refractivity contribution is 0.916. The van der Waals surface area contributed by atoms with Crippen LogP contribution in [0.4, 0.5) is 5.82 Å². The summed E-state index contributed by atoms with van der Waals surface area (Å²) in [4.78, 5) is 1.84. The van der Waals surface area contributed by atoms with Gasteiger partial charge >= 0.3 is 0 Å². The summed E-state index contributed by atoms with van der Waals surface area (Å²) in [5.41, 5.74) is 1.00. The molecule has 1 rings (SSSR count). The fraction of sp³-hybridized carbons (Fsp3) is 0.118. The van der Waals surface area contributed by atoms with Gasteiger partial charge in [0.1, 0.15) is 0 Å². The molecule has 0 aliphatic heterocycles. The first kappa shape index (κ1) is 15.5. The molecule has 0 bridgehead atoms. The van der Waals surface area contributed by atoms with E-state index in [4.69, 9.17) is 0 Å². The van der Waals surface area contributed by atoms with Crippen molar-refractivity contribution >= 4 is 18.1 Å². The SMILES string of the molecule is C=C/C=C/N(C=C)c1cc(/C=C\C)n(/C=C/C=C\C)n1. The van der Waals surface area contributed by atoms with Crippen molar-refractivity contribution in [3.8, 4) is 0 Å². The molecule has 1 aromatic rings. The van der Waals surface area contributed by atoms with E-state index < -0.39 is 0 Å². The molecule has 0 fully saturated rings. The van der Waals surface area contributed by atoms with Crippen LogP contribution in [-0.2, 0) is 0 Å². The van der Waals surface area contributed by atoms with Gasteiger partial charge in [0.05, 0.1) is 5.69 Å². The summed E-state index contributed by atoms with van der Waals surface area (Å²) in [6, 6.07) is 2.00. The van der Waals surface area contributed by atoms with Gasteiger partial charge in [-0.25, -0.2) is 4.68 Å². The van der Waals surface area contributed by atoms with Crippen LogP contribution in [-0.4, -0.2) is 9.78 Å². The zero-order chi connectivity index (χ0) is 14.8. The third kappa shape index (κ3) is 4.28. The highest BCUT2D eigenvalue weighted by atomic mass is 15.3. The van der Waals surface area contributed by atoms with Crippen LogP contribution in [0.25, 0.3) is 12.3 Å². The maximum atomic E-state index is 4.54. The van der Waals surface area contributed by atoms with Crippen molar-refractivity contribution in [2.75, 3.05) is 4.90 Å². The number of rotatable bonds is 7. The van der Waals surface area contributed by atoms with Gasteiger partial charge in [0, 0.05) is 24.7 Å². The Hall–Kier alpha value is -2.55. The molecule has 20 heavy (non-hydrogen) atoms. The second-order valence-corrected chi connectivity index (χ2v) is 3.91. The molecule has 0 amide bonds. The molecule has 0 saturated heterocycles. The van der Waals surface area contributed by atoms with Crippen LogP contribution < -0.4 is 4.90 Å². The number of hydrogen-bond acceptors (Lipinski definition) is 2. The van der Waals surface area contributed by atoms with Crippen molar-refractivity contribution in [1.82, 2.24) is 9.78 Å². The van der Waals surface area contributed by atoms with Gasteiger partial charge in [0.15, 0.2) is 5.82 Å². The fourth-order valence-electron chi connectivity index (χ4n) is 1.56. The van der Waals surface area contributed by atoms with Gasteiger partial charge < -0.3 is 4.90 Å². The second-order valence-electron chi connectivity index (χ2n) is 3.91. The lowest BCUT2D eigenvalue weighted by atomic mass is 10.3. The monoisotopic (exact) mass is 267 g/mol. The molecule has 0 atom stereocenters. The Morgan fingerprint density at radius 1 is 1.15 bits per heavy atom. The number of hydrogen-bond donors (Lipinski definition) is 0. The summed E-state index contributed by atoms with van der Waals surface area (Å²) >= 11 is 0. The zero-order valence-electron chi connectivity index (χ0n) is 12.1. The molecule has 0 aliphatic rings. The molecule has 0 saturated carbocycles. The predicted molar refractivity (Wildman–Crippen MR) is 89.1 cm³/mol. The highest BCUT2D eigenvalue weighted by molar-refractivity contribution is 5.57. The average molecular weight is 267 g/mol. The number of aromatic nitrogens is 2. The third-order valence-corrected chi connectivity index (χ3v) is 2.46. The minimum absolute atomic E-state index is 0.802. The van der Waals surface area contributed by atoms with Gasteiger partial charge in [-0.05, 0) is 32.1 Å². The van der Waals surface area contributed by atoms with E-state index in [0.717, 1.165) is 11.5 Å². The summed E-state index contributed by atoms with van der Waals surface area (Å²) in [6.07, 6.45) is 18.9. The predicted octanol–water partition coefficient (Wildman–Crippen LogP) is 4.61. The highest BCUT2D eigenvalue weighted by Gasteiger charge is 2.07. The molecule has 0 N–H and O–H groups in total. The zero-order valence-corrected chi connectivity index (χ0v) is 12.1. The van der Waals surface area contributed by atoms with Crippen molar-refractivity contribution in [2.45, 2.75) is 13.8 Å². The lowest BCUT2D eigenvalue weighted by Crippen LogP contribution is -2.06. The quantitative estimate of drug-likeness (QED) is 0.672. The first-order chi connectivity index (χ1) is 9.76. The van der Waals surface area contributed by atoms with Crippen LogP contribution >= 0.6 is 0 Å². The van der Waals surface area contributed by atoms with Gasteiger partial charge in [-0.15, -0.1) is 5.10 Å². The second kappa shape index (κ2) is 8.53. The van der Waals surface area contributed by atoms with Crippen molar-refractivity contribution < 1.29 is 0 Å². The molecule has 0 unspecified atom stereocenters. The lowest BCUT2D eigenvalue weighted by Gasteiger charge is -2.09. The Balaban J connectivity index is 3.15. The summed E-state index contributed by atoms with van der Waals surface area (Å²) in [5.74, 6) is 0.802. The smallest absolute Gasteiger partial charge is 0.159 e. The molecule has 0 aromatic carbocycles. The summed E-state index contributed by atoms with van der Waals surface area (Å²) in [7, 11) is 0. The standard InChI is InChI=1S/C17H21N3/c1-5-9-11-14-20-16(12-7-3)15-17(18-20)19(8-4)13-10-6-2/h5-15H,2,4H2,1,3H3/b9-5-,12-7-,13-10+,14-11+. The molecule has 3 nitrogen and oxygen atoms in total. The first-order valence-electron chi connectivity index (χ1n) is 6.48. The molecular weight excluding hydrogens is 246 g/mol. The summed E-state index contributed by atoms with van der Waals surface area (Å²) in [6.45, 7) is 11.4. The maximum absolute atomic E-state index is 4.54. The Kier molecular flexibility index (Phi) is 6.62. The van der Waals surface area contributed by atoms with E-state index in [9.17, 15) is 0 Å². The van der Waals surface area contributed by atoms with E-state index in [1.807, 2.05) is 78.4 Å². The molecule has 3 heteroatoms. The van der Waals surface area contributed by atoms with E-state index in [-0.39, 0.29) is 0 Å². The maximum Gasteiger partial charge on any atom is 0.159 e. The van der Waals surface area contributed by atoms with Crippen molar-refractivity contribution in [2.24, 2.45) is 0 Å². The Labute approximate surface area is 121 Å². The molecular formula is C17H21N3. The van der Waals surface area contributed by atoms with Crippen molar-refractivity contribution in [1.29, 1.82) is 0 Å². The van der Waals surface area contributed by atoms with Gasteiger partial charge in [0.2, 0.25) is 0 Å². The molecule has 1 aromatic heterocycles. The van der Waals surface area contributed by atoms with Crippen LogP contribution in [0.1, 0.15) is 19.5 Å². The summed E-state index contributed by atoms with van der Waals surface area (Å²) in [5, 5.41) is 4.54. The van der Waals surface area contributed by atoms with Crippen LogP contribution in [0.5, 0.6) is 0 Å².